The molecule has 61 heavy (non-hydrogen) atoms. The second-order valence-electron chi connectivity index (χ2n) is 15.0. The monoisotopic (exact) mass is 861 g/mol. The van der Waals surface area contributed by atoms with Crippen LogP contribution in [0.4, 0.5) is 0 Å². The molecule has 21 heteroatoms. The average Bonchev–Trinajstić information content (AvgIpc) is 3.19. The SMILES string of the molecule is CCC(=O)N[C@@H](CNC(=O)CCC(C(=O)O)N1CCN(CC(=O)O)CCN(CC(=O)O)CCN(CC(=O)O)CC1)C(=O)NCc1ccc(CNC(=O)/C(=C\C(C)C)NC)cc1. The quantitative estimate of drug-likeness (QED) is 0.0560. The van der Waals surface area contributed by atoms with Crippen LogP contribution in [0, 0.1) is 5.92 Å². The molecule has 1 aromatic carbocycles. The van der Waals surface area contributed by atoms with Crippen LogP contribution in [0.15, 0.2) is 36.0 Å². The predicted octanol–water partition coefficient (Wildman–Crippen LogP) is -1.60. The molecule has 0 bridgehead atoms. The van der Waals surface area contributed by atoms with Crippen LogP contribution in [-0.4, -0.2) is 185 Å². The first-order chi connectivity index (χ1) is 28.9. The molecular weight excluding hydrogens is 798 g/mol. The molecule has 1 aliphatic heterocycles. The smallest absolute Gasteiger partial charge is 0.320 e. The van der Waals surface area contributed by atoms with Crippen molar-refractivity contribution in [2.75, 3.05) is 85.6 Å². The highest BCUT2D eigenvalue weighted by molar-refractivity contribution is 5.92. The van der Waals surface area contributed by atoms with E-state index in [1.807, 2.05) is 32.1 Å². The molecule has 0 aliphatic carbocycles. The van der Waals surface area contributed by atoms with Crippen LogP contribution >= 0.6 is 0 Å². The maximum Gasteiger partial charge on any atom is 0.320 e. The van der Waals surface area contributed by atoms with Crippen LogP contribution in [0.1, 0.15) is 51.2 Å². The van der Waals surface area contributed by atoms with Gasteiger partial charge in [0, 0.05) is 91.9 Å². The molecule has 1 aromatic rings. The number of carbonyl (C=O) groups excluding carboxylic acids is 4. The standard InChI is InChI=1S/C40H63N9O12/c1-5-33(50)45-31(39(59)44-22-29-8-6-28(7-9-29)21-43-38(58)30(41-4)20-27(2)3)23-42-34(51)11-10-32(40(60)61)49-18-16-47(25-36(54)55)14-12-46(24-35(52)53)13-15-48(17-19-49)26-37(56)57/h6-9,20,27,31-32,41H,5,10-19,21-26H2,1-4H3,(H,42,51)(H,43,58)(H,44,59)(H,45,50)(H,52,53)(H,54,55)(H,56,57)(H,60,61)/b30-20+/t31-,32?/m0/s1. The van der Waals surface area contributed by atoms with E-state index in [9.17, 15) is 58.8 Å². The second-order valence-corrected chi connectivity index (χ2v) is 15.0. The molecule has 1 aliphatic rings. The summed E-state index contributed by atoms with van der Waals surface area (Å²) < 4.78 is 0. The van der Waals surface area contributed by atoms with Gasteiger partial charge in [-0.2, -0.15) is 0 Å². The molecule has 9 N–H and O–H groups in total. The Hall–Kier alpha value is -5.64. The number of hydrogen-bond acceptors (Lipinski definition) is 13. The molecular formula is C40H63N9O12. The molecule has 1 fully saturated rings. The fraction of sp³-hybridized carbons (Fsp3) is 0.600. The number of amides is 4. The van der Waals surface area contributed by atoms with Crippen molar-refractivity contribution in [2.45, 2.75) is 65.2 Å². The van der Waals surface area contributed by atoms with E-state index in [-0.39, 0.29) is 123 Å². The Morgan fingerprint density at radius 3 is 1.54 bits per heavy atom. The first-order valence-corrected chi connectivity index (χ1v) is 20.3. The fourth-order valence-corrected chi connectivity index (χ4v) is 6.42. The summed E-state index contributed by atoms with van der Waals surface area (Å²) in [5, 5.41) is 52.4. The third-order valence-corrected chi connectivity index (χ3v) is 9.75. The topological polar surface area (TPSA) is 291 Å². The number of rotatable bonds is 23. The van der Waals surface area contributed by atoms with Gasteiger partial charge in [-0.15, -0.1) is 0 Å². The first kappa shape index (κ1) is 51.5. The Balaban J connectivity index is 2.08. The summed E-state index contributed by atoms with van der Waals surface area (Å²) in [6, 6.07) is 4.80. The third kappa shape index (κ3) is 20.9. The summed E-state index contributed by atoms with van der Waals surface area (Å²) in [5.41, 5.74) is 2.04. The zero-order valence-corrected chi connectivity index (χ0v) is 35.5. The number of nitrogens with zero attached hydrogens (tertiary/aromatic N) is 4. The number of carbonyl (C=O) groups is 8. The largest absolute Gasteiger partial charge is 0.480 e. The van der Waals surface area contributed by atoms with E-state index in [4.69, 9.17) is 0 Å². The number of aliphatic carboxylic acids is 4. The molecule has 2 rings (SSSR count). The average molecular weight is 862 g/mol. The van der Waals surface area contributed by atoms with Crippen LogP contribution in [-0.2, 0) is 51.4 Å². The molecule has 21 nitrogen and oxygen atoms in total. The highest BCUT2D eigenvalue weighted by atomic mass is 16.4. The summed E-state index contributed by atoms with van der Waals surface area (Å²) in [5.74, 6) is -6.25. The van der Waals surface area contributed by atoms with E-state index < -0.39 is 53.7 Å². The minimum Gasteiger partial charge on any atom is -0.480 e. The number of nitrogens with one attached hydrogen (secondary N) is 5. The lowest BCUT2D eigenvalue weighted by molar-refractivity contribution is -0.145. The lowest BCUT2D eigenvalue weighted by Crippen LogP contribution is -2.53. The van der Waals surface area contributed by atoms with Crippen molar-refractivity contribution in [3.05, 3.63) is 47.2 Å². The van der Waals surface area contributed by atoms with Gasteiger partial charge in [0.15, 0.2) is 0 Å². The molecule has 1 saturated heterocycles. The molecule has 0 radical (unpaired) electrons. The minimum absolute atomic E-state index is 0.0455. The van der Waals surface area contributed by atoms with Crippen LogP contribution < -0.4 is 26.6 Å². The fourth-order valence-electron chi connectivity index (χ4n) is 6.42. The number of hydrogen-bond donors (Lipinski definition) is 9. The maximum absolute atomic E-state index is 13.2. The molecule has 4 amide bonds. The van der Waals surface area contributed by atoms with Crippen LogP contribution in [0.2, 0.25) is 0 Å². The second kappa shape index (κ2) is 27.3. The van der Waals surface area contributed by atoms with Crippen LogP contribution in [0.3, 0.4) is 0 Å². The molecule has 2 atom stereocenters. The van der Waals surface area contributed by atoms with Crippen molar-refractivity contribution in [1.29, 1.82) is 0 Å². The third-order valence-electron chi connectivity index (χ3n) is 9.75. The number of likely N-dealkylation sites (N-methyl/N-ethyl adjacent to an activating group) is 1. The Kier molecular flexibility index (Phi) is 23.0. The normalized spacial score (nSPS) is 16.2. The van der Waals surface area contributed by atoms with E-state index in [2.05, 4.69) is 26.6 Å². The van der Waals surface area contributed by atoms with Gasteiger partial charge >= 0.3 is 23.9 Å². The molecule has 0 saturated carbocycles. The summed E-state index contributed by atoms with van der Waals surface area (Å²) in [6.07, 6.45) is 1.42. The maximum atomic E-state index is 13.2. The van der Waals surface area contributed by atoms with Gasteiger partial charge in [-0.05, 0) is 23.5 Å². The Morgan fingerprint density at radius 2 is 1.13 bits per heavy atom. The van der Waals surface area contributed by atoms with Crippen LogP contribution in [0.5, 0.6) is 0 Å². The molecule has 340 valence electrons. The van der Waals surface area contributed by atoms with Gasteiger partial charge in [-0.25, -0.2) is 0 Å². The van der Waals surface area contributed by atoms with Crippen molar-refractivity contribution in [3.8, 4) is 0 Å². The van der Waals surface area contributed by atoms with Crippen molar-refractivity contribution in [3.63, 3.8) is 0 Å². The highest BCUT2D eigenvalue weighted by Crippen LogP contribution is 2.11. The van der Waals surface area contributed by atoms with Gasteiger partial charge < -0.3 is 47.0 Å². The van der Waals surface area contributed by atoms with E-state index in [1.54, 1.807) is 45.7 Å². The van der Waals surface area contributed by atoms with E-state index in [0.717, 1.165) is 11.1 Å². The number of benzene rings is 1. The first-order valence-electron chi connectivity index (χ1n) is 20.3. The minimum atomic E-state index is -1.26. The van der Waals surface area contributed by atoms with E-state index in [1.165, 1.54) is 0 Å². The van der Waals surface area contributed by atoms with Crippen molar-refractivity contribution >= 4 is 47.5 Å². The summed E-state index contributed by atoms with van der Waals surface area (Å²) in [6.45, 7) is 5.45. The summed E-state index contributed by atoms with van der Waals surface area (Å²) >= 11 is 0. The Bertz CT molecular complexity index is 1640. The number of carboxylic acid groups (broad SMARTS) is 4. The van der Waals surface area contributed by atoms with Gasteiger partial charge in [0.05, 0.1) is 25.3 Å². The zero-order chi connectivity index (χ0) is 45.5. The highest BCUT2D eigenvalue weighted by Gasteiger charge is 2.29. The van der Waals surface area contributed by atoms with Gasteiger partial charge in [-0.1, -0.05) is 51.1 Å². The zero-order valence-electron chi connectivity index (χ0n) is 35.5. The van der Waals surface area contributed by atoms with Crippen LogP contribution in [0.25, 0.3) is 0 Å². The number of carboxylic acids is 4. The van der Waals surface area contributed by atoms with Gasteiger partial charge in [0.1, 0.15) is 12.1 Å². The van der Waals surface area contributed by atoms with E-state index >= 15 is 0 Å². The lowest BCUT2D eigenvalue weighted by Gasteiger charge is -2.35. The lowest BCUT2D eigenvalue weighted by atomic mass is 10.1. The molecule has 1 unspecified atom stereocenters. The van der Waals surface area contributed by atoms with E-state index in [0.29, 0.717) is 5.70 Å². The summed E-state index contributed by atoms with van der Waals surface area (Å²) in [7, 11) is 1.68. The molecule has 0 spiro atoms. The summed E-state index contributed by atoms with van der Waals surface area (Å²) in [4.78, 5) is 105. The Morgan fingerprint density at radius 1 is 0.672 bits per heavy atom. The molecule has 0 aromatic heterocycles. The van der Waals surface area contributed by atoms with Gasteiger partial charge in [0.2, 0.25) is 17.7 Å². The van der Waals surface area contributed by atoms with Gasteiger partial charge in [-0.3, -0.25) is 58.0 Å². The molecule has 1 heterocycles. The van der Waals surface area contributed by atoms with Gasteiger partial charge in [0.25, 0.3) is 5.91 Å². The van der Waals surface area contributed by atoms with Crippen molar-refractivity contribution in [1.82, 2.24) is 46.2 Å². The predicted molar refractivity (Wildman–Crippen MR) is 222 cm³/mol. The number of allylic oxidation sites excluding steroid dienone is 1. The van der Waals surface area contributed by atoms with Crippen molar-refractivity contribution in [2.24, 2.45) is 5.92 Å². The Labute approximate surface area is 355 Å². The van der Waals surface area contributed by atoms with Crippen molar-refractivity contribution < 1.29 is 58.8 Å².